The number of rotatable bonds is 19. The normalized spacial score (nSPS) is 17.6. The van der Waals surface area contributed by atoms with Crippen LogP contribution >= 0.6 is 35.1 Å². The van der Waals surface area contributed by atoms with Crippen molar-refractivity contribution in [3.63, 3.8) is 0 Å². The van der Waals surface area contributed by atoms with Gasteiger partial charge in [0.05, 0.1) is 29.3 Å². The van der Waals surface area contributed by atoms with E-state index in [-0.39, 0.29) is 47.4 Å². The highest BCUT2D eigenvalue weighted by molar-refractivity contribution is 7.99. The third-order valence-corrected chi connectivity index (χ3v) is 13.6. The van der Waals surface area contributed by atoms with E-state index >= 15 is 0 Å². The van der Waals surface area contributed by atoms with Gasteiger partial charge in [-0.1, -0.05) is 79.2 Å². The van der Waals surface area contributed by atoms with Crippen LogP contribution in [0.25, 0.3) is 10.9 Å². The van der Waals surface area contributed by atoms with Crippen LogP contribution < -0.4 is 0 Å². The number of carboxylic acid groups (broad SMARTS) is 2. The van der Waals surface area contributed by atoms with E-state index in [0.717, 1.165) is 77.9 Å². The summed E-state index contributed by atoms with van der Waals surface area (Å²) in [6, 6.07) is 27.2. The van der Waals surface area contributed by atoms with E-state index in [1.165, 1.54) is 16.7 Å². The van der Waals surface area contributed by atoms with Crippen molar-refractivity contribution < 1.29 is 24.9 Å². The van der Waals surface area contributed by atoms with Gasteiger partial charge in [-0.15, -0.1) is 0 Å². The maximum Gasteiger partial charge on any atom is 0.303 e. The van der Waals surface area contributed by atoms with E-state index in [1.807, 2.05) is 47.8 Å². The molecule has 0 saturated heterocycles. The van der Waals surface area contributed by atoms with Gasteiger partial charge in [0.25, 0.3) is 0 Å². The number of fused-ring (bicyclic) bond motifs is 1. The number of aliphatic carboxylic acids is 2. The first-order valence-electron chi connectivity index (χ1n) is 17.6. The fourth-order valence-electron chi connectivity index (χ4n) is 7.07. The molecule has 0 radical (unpaired) electrons. The lowest BCUT2D eigenvalue weighted by Crippen LogP contribution is -2.14. The Morgan fingerprint density at radius 2 is 1.54 bits per heavy atom. The summed E-state index contributed by atoms with van der Waals surface area (Å²) in [5.41, 5.74) is 6.42. The van der Waals surface area contributed by atoms with Crippen molar-refractivity contribution in [3.8, 4) is 0 Å². The number of hydrogen-bond donors (Lipinski definition) is 3. The van der Waals surface area contributed by atoms with Gasteiger partial charge in [-0.3, -0.25) is 14.6 Å². The van der Waals surface area contributed by atoms with Crippen LogP contribution in [-0.4, -0.2) is 56.1 Å². The molecule has 9 heteroatoms. The Balaban J connectivity index is 1.28. The van der Waals surface area contributed by atoms with Crippen molar-refractivity contribution in [1.82, 2.24) is 4.98 Å². The van der Waals surface area contributed by atoms with Crippen molar-refractivity contribution in [2.75, 3.05) is 23.9 Å². The Bertz CT molecular complexity index is 1820. The lowest BCUT2D eigenvalue weighted by Gasteiger charge is -2.25. The molecule has 50 heavy (non-hydrogen) atoms. The van der Waals surface area contributed by atoms with Crippen LogP contribution in [0, 0.1) is 10.8 Å². The van der Waals surface area contributed by atoms with E-state index in [0.29, 0.717) is 5.02 Å². The van der Waals surface area contributed by atoms with E-state index in [9.17, 15) is 24.9 Å². The zero-order valence-corrected chi connectivity index (χ0v) is 30.9. The zero-order chi connectivity index (χ0) is 35.3. The highest BCUT2D eigenvalue weighted by atomic mass is 35.5. The summed E-state index contributed by atoms with van der Waals surface area (Å²) < 4.78 is 0. The Kier molecular flexibility index (Phi) is 11.8. The smallest absolute Gasteiger partial charge is 0.303 e. The van der Waals surface area contributed by atoms with Gasteiger partial charge in [0.2, 0.25) is 0 Å². The molecule has 3 aromatic carbocycles. The van der Waals surface area contributed by atoms with Crippen LogP contribution in [0.5, 0.6) is 0 Å². The van der Waals surface area contributed by atoms with E-state index in [2.05, 4.69) is 61.5 Å². The molecule has 3 N–H and O–H groups in total. The van der Waals surface area contributed by atoms with Crippen LogP contribution in [0.3, 0.4) is 0 Å². The van der Waals surface area contributed by atoms with Gasteiger partial charge in [-0.05, 0) is 101 Å². The standard InChI is InChI=1S/C41H46ClNO5S2/c1-27(24-44)32-7-2-3-8-34(32)33(13-18-49-25-40(14-15-40)22-38(45)46)30-6-4-5-28(19-30)20-37(50-26-41(16-17-41)23-39(47)48)35-12-10-29-9-11-31(42)21-36(29)43-35/h2-12,19,21,27,33,37,44H,13-18,20,22-26H2,1H3,(H,45,46)(H,47,48)/t27?,33?,37-/m1/s1. The van der Waals surface area contributed by atoms with Gasteiger partial charge in [0, 0.05) is 34.6 Å². The molecule has 6 nitrogen and oxygen atoms in total. The molecule has 6 rings (SSSR count). The molecule has 1 aromatic heterocycles. The average molecular weight is 732 g/mol. The number of pyridine rings is 1. The quantitative estimate of drug-likeness (QED) is 0.0819. The second-order valence-corrected chi connectivity index (χ2v) is 17.3. The molecule has 0 spiro atoms. The monoisotopic (exact) mass is 731 g/mol. The van der Waals surface area contributed by atoms with Gasteiger partial charge in [0.15, 0.2) is 0 Å². The fourth-order valence-corrected chi connectivity index (χ4v) is 10.2. The molecule has 2 fully saturated rings. The maximum atomic E-state index is 11.7. The second-order valence-electron chi connectivity index (χ2n) is 14.6. The molecular weight excluding hydrogens is 686 g/mol. The third-order valence-electron chi connectivity index (χ3n) is 10.5. The third kappa shape index (κ3) is 9.44. The first-order chi connectivity index (χ1) is 24.1. The van der Waals surface area contributed by atoms with Crippen molar-refractivity contribution in [3.05, 3.63) is 112 Å². The average Bonchev–Trinajstić information content (AvgIpc) is 4.03. The number of nitrogens with zero attached hydrogens (tertiary/aromatic N) is 1. The number of thioether (sulfide) groups is 2. The first-order valence-corrected chi connectivity index (χ1v) is 20.1. The molecule has 264 valence electrons. The molecule has 4 aromatic rings. The fraction of sp³-hybridized carbons (Fsp3) is 0.439. The first kappa shape index (κ1) is 36.7. The lowest BCUT2D eigenvalue weighted by molar-refractivity contribution is -0.139. The molecule has 0 aliphatic heterocycles. The van der Waals surface area contributed by atoms with E-state index in [4.69, 9.17) is 16.6 Å². The molecule has 2 saturated carbocycles. The van der Waals surface area contributed by atoms with Crippen LogP contribution in [-0.2, 0) is 16.0 Å². The number of carboxylic acids is 2. The number of aromatic nitrogens is 1. The van der Waals surface area contributed by atoms with Crippen LogP contribution in [0.1, 0.15) is 96.9 Å². The Hall–Kier alpha value is -3.04. The van der Waals surface area contributed by atoms with Crippen molar-refractivity contribution >= 4 is 58.0 Å². The largest absolute Gasteiger partial charge is 0.481 e. The number of halogens is 1. The summed E-state index contributed by atoms with van der Waals surface area (Å²) in [4.78, 5) is 28.2. The Morgan fingerprint density at radius 3 is 2.22 bits per heavy atom. The number of hydrogen-bond acceptors (Lipinski definition) is 6. The predicted molar refractivity (Wildman–Crippen MR) is 206 cm³/mol. The van der Waals surface area contributed by atoms with Crippen LogP contribution in [0.15, 0.2) is 78.9 Å². The second kappa shape index (κ2) is 16.1. The summed E-state index contributed by atoms with van der Waals surface area (Å²) in [5, 5.41) is 30.8. The molecule has 0 bridgehead atoms. The van der Waals surface area contributed by atoms with Crippen LogP contribution in [0.4, 0.5) is 0 Å². The van der Waals surface area contributed by atoms with Crippen LogP contribution in [0.2, 0.25) is 5.02 Å². The predicted octanol–water partition coefficient (Wildman–Crippen LogP) is 9.77. The molecule has 1 heterocycles. The van der Waals surface area contributed by atoms with E-state index < -0.39 is 11.9 Å². The number of aliphatic hydroxyl groups excluding tert-OH is 1. The molecule has 2 aliphatic carbocycles. The zero-order valence-electron chi connectivity index (χ0n) is 28.5. The van der Waals surface area contributed by atoms with Gasteiger partial charge in [-0.2, -0.15) is 23.5 Å². The number of benzene rings is 3. The summed E-state index contributed by atoms with van der Waals surface area (Å²) in [7, 11) is 0. The minimum atomic E-state index is -0.736. The molecular formula is C41H46ClNO5S2. The lowest BCUT2D eigenvalue weighted by atomic mass is 9.82. The van der Waals surface area contributed by atoms with Crippen molar-refractivity contribution in [2.45, 2.75) is 75.4 Å². The number of carbonyl (C=O) groups is 2. The van der Waals surface area contributed by atoms with Gasteiger partial charge in [0.1, 0.15) is 0 Å². The Labute approximate surface area is 308 Å². The highest BCUT2D eigenvalue weighted by Crippen LogP contribution is 2.53. The molecule has 2 aliphatic rings. The Morgan fingerprint density at radius 1 is 0.860 bits per heavy atom. The summed E-state index contributed by atoms with van der Waals surface area (Å²) in [6.07, 6.45) is 5.96. The molecule has 3 atom stereocenters. The summed E-state index contributed by atoms with van der Waals surface area (Å²) in [6.45, 7) is 2.13. The topological polar surface area (TPSA) is 108 Å². The van der Waals surface area contributed by atoms with E-state index in [1.54, 1.807) is 0 Å². The highest BCUT2D eigenvalue weighted by Gasteiger charge is 2.45. The summed E-state index contributed by atoms with van der Waals surface area (Å²) >= 11 is 10.0. The number of aliphatic hydroxyl groups is 1. The van der Waals surface area contributed by atoms with Crippen molar-refractivity contribution in [1.29, 1.82) is 0 Å². The van der Waals surface area contributed by atoms with Gasteiger partial charge >= 0.3 is 11.9 Å². The van der Waals surface area contributed by atoms with Crippen molar-refractivity contribution in [2.24, 2.45) is 10.8 Å². The van der Waals surface area contributed by atoms with Gasteiger partial charge in [-0.25, -0.2) is 0 Å². The molecule has 2 unspecified atom stereocenters. The van der Waals surface area contributed by atoms with Gasteiger partial charge < -0.3 is 15.3 Å². The minimum Gasteiger partial charge on any atom is -0.481 e. The SMILES string of the molecule is CC(CO)c1ccccc1C(CCSCC1(CC(=O)O)CC1)c1cccc(C[C@@H](SCC2(CC(=O)O)CC2)c2ccc3ccc(Cl)cc3n2)c1. The summed E-state index contributed by atoms with van der Waals surface area (Å²) in [5.74, 6) is 1.22. The maximum absolute atomic E-state index is 11.7. The minimum absolute atomic E-state index is 0.00337. The molecule has 0 amide bonds.